The first-order valence-corrected chi connectivity index (χ1v) is 4.96. The topological polar surface area (TPSA) is 29.5 Å². The van der Waals surface area contributed by atoms with Crippen LogP contribution in [0.4, 0.5) is 0 Å². The second kappa shape index (κ2) is 7.90. The zero-order chi connectivity index (χ0) is 10.4. The van der Waals surface area contributed by atoms with Crippen LogP contribution >= 0.6 is 0 Å². The van der Waals surface area contributed by atoms with Gasteiger partial charge in [0.1, 0.15) is 5.75 Å². The number of para-hydroxylation sites is 1. The maximum Gasteiger partial charge on any atom is 0.122 e. The molecular formula is C12H17O2W-. The van der Waals surface area contributed by atoms with Crippen LogP contribution in [0.15, 0.2) is 24.3 Å². The van der Waals surface area contributed by atoms with Crippen LogP contribution in [-0.2, 0) is 27.5 Å². The van der Waals surface area contributed by atoms with Crippen molar-refractivity contribution in [2.75, 3.05) is 6.61 Å². The summed E-state index contributed by atoms with van der Waals surface area (Å²) in [5.74, 6) is 0.858. The average molecular weight is 377 g/mol. The van der Waals surface area contributed by atoms with Crippen molar-refractivity contribution in [3.8, 4) is 5.75 Å². The molecule has 0 aliphatic carbocycles. The average Bonchev–Trinajstić information content (AvgIpc) is 2.16. The van der Waals surface area contributed by atoms with E-state index < -0.39 is 6.10 Å². The van der Waals surface area contributed by atoms with Crippen LogP contribution in [0.2, 0.25) is 0 Å². The van der Waals surface area contributed by atoms with Gasteiger partial charge >= 0.3 is 0 Å². The van der Waals surface area contributed by atoms with Gasteiger partial charge < -0.3 is 16.8 Å². The Bertz CT molecular complexity index is 274. The molecule has 0 amide bonds. The summed E-state index contributed by atoms with van der Waals surface area (Å²) >= 11 is 0. The molecule has 1 unspecified atom stereocenters. The number of aliphatic hydroxyl groups is 1. The smallest absolute Gasteiger partial charge is 0.122 e. The number of rotatable bonds is 5. The molecule has 0 aliphatic rings. The molecule has 1 aromatic carbocycles. The molecule has 15 heavy (non-hydrogen) atoms. The van der Waals surface area contributed by atoms with Crippen molar-refractivity contribution in [1.82, 2.24) is 0 Å². The van der Waals surface area contributed by atoms with Gasteiger partial charge in [0, 0.05) is 21.1 Å². The zero-order valence-electron chi connectivity index (χ0n) is 8.98. The summed E-state index contributed by atoms with van der Waals surface area (Å²) in [5, 5.41) is 9.19. The van der Waals surface area contributed by atoms with Crippen molar-refractivity contribution < 1.29 is 30.9 Å². The van der Waals surface area contributed by atoms with Crippen molar-refractivity contribution in [2.45, 2.75) is 25.9 Å². The van der Waals surface area contributed by atoms with E-state index in [0.717, 1.165) is 17.7 Å². The van der Waals surface area contributed by atoms with Crippen LogP contribution in [-0.4, -0.2) is 17.8 Å². The van der Waals surface area contributed by atoms with Gasteiger partial charge in [0.15, 0.2) is 0 Å². The standard InChI is InChI=1S/C12H17O2.W/c1-3-8-14-12-7-5-4-6-11(12)9-10(2)13;/h4-7,10,13H,2-3,8-9H2,1H3;/q-1;. The van der Waals surface area contributed by atoms with Crippen molar-refractivity contribution >= 4 is 0 Å². The molecule has 1 aromatic rings. The van der Waals surface area contributed by atoms with Gasteiger partial charge in [0.05, 0.1) is 6.61 Å². The molecule has 2 nitrogen and oxygen atoms in total. The molecule has 3 heteroatoms. The van der Waals surface area contributed by atoms with Gasteiger partial charge in [0.2, 0.25) is 0 Å². The SMILES string of the molecule is [CH2-]C(O)Cc1ccccc1OCCC.[W]. The molecule has 0 radical (unpaired) electrons. The van der Waals surface area contributed by atoms with Crippen LogP contribution in [0.1, 0.15) is 18.9 Å². The normalized spacial score (nSPS) is 11.7. The van der Waals surface area contributed by atoms with Gasteiger partial charge in [-0.15, -0.1) is 0 Å². The second-order valence-corrected chi connectivity index (χ2v) is 3.31. The second-order valence-electron chi connectivity index (χ2n) is 3.31. The van der Waals surface area contributed by atoms with Crippen molar-refractivity contribution in [3.63, 3.8) is 0 Å². The minimum atomic E-state index is -0.568. The number of hydrogen-bond donors (Lipinski definition) is 1. The fraction of sp³-hybridized carbons (Fsp3) is 0.417. The number of benzene rings is 1. The third-order valence-electron chi connectivity index (χ3n) is 1.89. The van der Waals surface area contributed by atoms with E-state index in [2.05, 4.69) is 13.8 Å². The van der Waals surface area contributed by atoms with E-state index in [1.54, 1.807) is 0 Å². The van der Waals surface area contributed by atoms with Gasteiger partial charge in [-0.3, -0.25) is 0 Å². The molecule has 0 aromatic heterocycles. The Labute approximate surface area is 106 Å². The predicted octanol–water partition coefficient (Wildman–Crippen LogP) is 2.21. The van der Waals surface area contributed by atoms with E-state index in [1.165, 1.54) is 0 Å². The summed E-state index contributed by atoms with van der Waals surface area (Å²) in [6, 6.07) is 7.76. The minimum Gasteiger partial charge on any atom is -0.493 e. The summed E-state index contributed by atoms with van der Waals surface area (Å²) in [7, 11) is 0. The molecule has 0 fully saturated rings. The van der Waals surface area contributed by atoms with Gasteiger partial charge in [0.25, 0.3) is 0 Å². The number of ether oxygens (including phenoxy) is 1. The van der Waals surface area contributed by atoms with E-state index in [9.17, 15) is 5.11 Å². The van der Waals surface area contributed by atoms with E-state index in [1.807, 2.05) is 24.3 Å². The molecule has 0 saturated carbocycles. The molecule has 1 N–H and O–H groups in total. The molecule has 0 aliphatic heterocycles. The Morgan fingerprint density at radius 2 is 2.07 bits per heavy atom. The van der Waals surface area contributed by atoms with Crippen LogP contribution < -0.4 is 4.74 Å². The maximum absolute atomic E-state index is 9.19. The third kappa shape index (κ3) is 5.34. The van der Waals surface area contributed by atoms with Crippen LogP contribution in [0.3, 0.4) is 0 Å². The Morgan fingerprint density at radius 3 is 2.67 bits per heavy atom. The molecule has 0 bridgehead atoms. The first-order valence-electron chi connectivity index (χ1n) is 4.96. The molecule has 0 spiro atoms. The molecule has 0 heterocycles. The molecule has 84 valence electrons. The monoisotopic (exact) mass is 377 g/mol. The van der Waals surface area contributed by atoms with Crippen molar-refractivity contribution in [2.24, 2.45) is 0 Å². The first-order chi connectivity index (χ1) is 6.74. The van der Waals surface area contributed by atoms with Gasteiger partial charge in [-0.05, 0) is 24.5 Å². The number of hydrogen-bond acceptors (Lipinski definition) is 2. The van der Waals surface area contributed by atoms with Crippen molar-refractivity contribution in [3.05, 3.63) is 36.8 Å². The van der Waals surface area contributed by atoms with Crippen LogP contribution in [0, 0.1) is 6.92 Å². The summed E-state index contributed by atoms with van der Waals surface area (Å²) in [5.41, 5.74) is 1.02. The minimum absolute atomic E-state index is 0. The van der Waals surface area contributed by atoms with Crippen LogP contribution in [0.5, 0.6) is 5.75 Å². The van der Waals surface area contributed by atoms with E-state index in [0.29, 0.717) is 13.0 Å². The summed E-state index contributed by atoms with van der Waals surface area (Å²) in [4.78, 5) is 0. The largest absolute Gasteiger partial charge is 0.493 e. The Morgan fingerprint density at radius 1 is 1.40 bits per heavy atom. The van der Waals surface area contributed by atoms with Gasteiger partial charge in [-0.1, -0.05) is 31.2 Å². The third-order valence-corrected chi connectivity index (χ3v) is 1.89. The first kappa shape index (κ1) is 14.7. The quantitative estimate of drug-likeness (QED) is 0.798. The molecular weight excluding hydrogens is 360 g/mol. The predicted molar refractivity (Wildman–Crippen MR) is 57.3 cm³/mol. The van der Waals surface area contributed by atoms with Gasteiger partial charge in [-0.2, -0.15) is 0 Å². The Hall–Kier alpha value is -0.332. The zero-order valence-corrected chi connectivity index (χ0v) is 11.9. The molecule has 1 rings (SSSR count). The van der Waals surface area contributed by atoms with E-state index >= 15 is 0 Å². The summed E-state index contributed by atoms with van der Waals surface area (Å²) in [6.45, 7) is 6.34. The fourth-order valence-corrected chi connectivity index (χ4v) is 1.28. The Kier molecular flexibility index (Phi) is 7.72. The van der Waals surface area contributed by atoms with Gasteiger partial charge in [-0.25, -0.2) is 0 Å². The number of aliphatic hydroxyl groups excluding tert-OH is 1. The Balaban J connectivity index is 0.00000196. The van der Waals surface area contributed by atoms with Crippen molar-refractivity contribution in [1.29, 1.82) is 0 Å². The van der Waals surface area contributed by atoms with E-state index in [-0.39, 0.29) is 21.1 Å². The maximum atomic E-state index is 9.19. The molecule has 0 saturated heterocycles. The fourth-order valence-electron chi connectivity index (χ4n) is 1.28. The van der Waals surface area contributed by atoms with E-state index in [4.69, 9.17) is 4.74 Å². The molecule has 1 atom stereocenters. The summed E-state index contributed by atoms with van der Waals surface area (Å²) < 4.78 is 5.55. The summed E-state index contributed by atoms with van der Waals surface area (Å²) in [6.07, 6.45) is 0.961. The van der Waals surface area contributed by atoms with Crippen LogP contribution in [0.25, 0.3) is 0 Å².